The molecule has 0 atom stereocenters. The second-order valence-electron chi connectivity index (χ2n) is 3.16. The van der Waals surface area contributed by atoms with Crippen LogP contribution < -0.4 is 11.1 Å². The van der Waals surface area contributed by atoms with E-state index in [0.717, 1.165) is 24.6 Å². The normalized spacial score (nSPS) is 14.4. The first-order valence-electron chi connectivity index (χ1n) is 4.94. The van der Waals surface area contributed by atoms with Crippen molar-refractivity contribution >= 4 is 11.4 Å². The average molecular weight is 194 g/mol. The minimum absolute atomic E-state index is 0.792. The summed E-state index contributed by atoms with van der Waals surface area (Å²) in [6, 6.07) is 7.67. The van der Waals surface area contributed by atoms with Crippen LogP contribution >= 0.6 is 0 Å². The second-order valence-corrected chi connectivity index (χ2v) is 3.16. The third-order valence-electron chi connectivity index (χ3n) is 2.06. The van der Waals surface area contributed by atoms with E-state index in [1.807, 2.05) is 31.3 Å². The van der Waals surface area contributed by atoms with Crippen LogP contribution in [0, 0.1) is 0 Å². The van der Waals surface area contributed by atoms with Crippen LogP contribution in [-0.4, -0.2) is 20.3 Å². The highest BCUT2D eigenvalue weighted by Crippen LogP contribution is 2.14. The van der Waals surface area contributed by atoms with Gasteiger partial charge in [0.15, 0.2) is 0 Å². The van der Waals surface area contributed by atoms with Gasteiger partial charge in [0.2, 0.25) is 0 Å². The lowest BCUT2D eigenvalue weighted by atomic mass is 10.3. The first-order chi connectivity index (χ1) is 6.84. The predicted molar refractivity (Wildman–Crippen MR) is 60.5 cm³/mol. The van der Waals surface area contributed by atoms with Crippen LogP contribution in [0.1, 0.15) is 12.8 Å². The van der Waals surface area contributed by atoms with Gasteiger partial charge in [0.05, 0.1) is 11.4 Å². The van der Waals surface area contributed by atoms with Crippen LogP contribution in [0.5, 0.6) is 0 Å². The number of rotatable bonds is 1. The molecule has 1 fully saturated rings. The molecule has 78 valence electrons. The van der Waals surface area contributed by atoms with Crippen LogP contribution in [0.4, 0.5) is 11.4 Å². The molecule has 1 aliphatic heterocycles. The summed E-state index contributed by atoms with van der Waals surface area (Å²) in [5.74, 6) is 0. The van der Waals surface area contributed by atoms with Crippen molar-refractivity contribution in [1.29, 1.82) is 0 Å². The summed E-state index contributed by atoms with van der Waals surface area (Å²) in [6.45, 7) is 2.00. The molecule has 0 radical (unpaired) electrons. The van der Waals surface area contributed by atoms with E-state index in [1.165, 1.54) is 12.8 Å². The van der Waals surface area contributed by atoms with Crippen LogP contribution in [-0.2, 0) is 4.74 Å². The molecule has 0 unspecified atom stereocenters. The molecule has 3 N–H and O–H groups in total. The minimum atomic E-state index is 0.792. The Morgan fingerprint density at radius 1 is 1.21 bits per heavy atom. The molecular weight excluding hydrogens is 176 g/mol. The maximum absolute atomic E-state index is 5.57. The Kier molecular flexibility index (Phi) is 4.86. The number of nitrogens with one attached hydrogen (secondary N) is 1. The minimum Gasteiger partial charge on any atom is -0.397 e. The molecule has 0 spiro atoms. The van der Waals surface area contributed by atoms with Gasteiger partial charge >= 0.3 is 0 Å². The quantitative estimate of drug-likeness (QED) is 0.673. The summed E-state index contributed by atoms with van der Waals surface area (Å²) in [6.07, 6.45) is 2.56. The van der Waals surface area contributed by atoms with Gasteiger partial charge in [-0.05, 0) is 25.0 Å². The first-order valence-corrected chi connectivity index (χ1v) is 4.94. The van der Waals surface area contributed by atoms with E-state index in [0.29, 0.717) is 0 Å². The molecule has 1 saturated heterocycles. The Bertz CT molecular complexity index is 252. The maximum Gasteiger partial charge on any atom is 0.0571 e. The van der Waals surface area contributed by atoms with Gasteiger partial charge in [-0.2, -0.15) is 0 Å². The number of anilines is 2. The van der Waals surface area contributed by atoms with Crippen LogP contribution in [0.15, 0.2) is 24.3 Å². The standard InChI is InChI=1S/C7H10N2.C4H8O/c1-9-7-5-3-2-4-6(7)8;1-2-4-5-3-1/h2-5,9H,8H2,1H3;1-4H2. The summed E-state index contributed by atoms with van der Waals surface area (Å²) in [5, 5.41) is 2.97. The zero-order chi connectivity index (χ0) is 10.2. The van der Waals surface area contributed by atoms with Gasteiger partial charge in [-0.15, -0.1) is 0 Å². The molecule has 2 rings (SSSR count). The highest BCUT2D eigenvalue weighted by Gasteiger charge is 1.94. The first kappa shape index (κ1) is 10.9. The zero-order valence-electron chi connectivity index (χ0n) is 8.62. The third-order valence-corrected chi connectivity index (χ3v) is 2.06. The van der Waals surface area contributed by atoms with Crippen molar-refractivity contribution in [3.8, 4) is 0 Å². The predicted octanol–water partition coefficient (Wildman–Crippen LogP) is 2.11. The number of benzene rings is 1. The molecule has 1 aromatic rings. The summed E-state index contributed by atoms with van der Waals surface area (Å²) >= 11 is 0. The number of hydrogen-bond acceptors (Lipinski definition) is 3. The Labute approximate surface area is 85.3 Å². The van der Waals surface area contributed by atoms with E-state index in [9.17, 15) is 0 Å². The molecule has 0 amide bonds. The largest absolute Gasteiger partial charge is 0.397 e. The van der Waals surface area contributed by atoms with Crippen molar-refractivity contribution < 1.29 is 4.74 Å². The fourth-order valence-electron chi connectivity index (χ4n) is 1.23. The van der Waals surface area contributed by atoms with E-state index in [-0.39, 0.29) is 0 Å². The molecule has 1 heterocycles. The Morgan fingerprint density at radius 2 is 1.86 bits per heavy atom. The molecule has 1 aliphatic rings. The van der Waals surface area contributed by atoms with E-state index >= 15 is 0 Å². The fraction of sp³-hybridized carbons (Fsp3) is 0.455. The van der Waals surface area contributed by atoms with Gasteiger partial charge in [-0.25, -0.2) is 0 Å². The number of nitrogens with two attached hydrogens (primary N) is 1. The van der Waals surface area contributed by atoms with E-state index < -0.39 is 0 Å². The number of nitrogen functional groups attached to an aromatic ring is 1. The highest BCUT2D eigenvalue weighted by atomic mass is 16.5. The monoisotopic (exact) mass is 194 g/mol. The Balaban J connectivity index is 0.000000165. The van der Waals surface area contributed by atoms with Gasteiger partial charge in [-0.3, -0.25) is 0 Å². The van der Waals surface area contributed by atoms with Gasteiger partial charge in [-0.1, -0.05) is 12.1 Å². The van der Waals surface area contributed by atoms with Crippen LogP contribution in [0.25, 0.3) is 0 Å². The zero-order valence-corrected chi connectivity index (χ0v) is 8.62. The van der Waals surface area contributed by atoms with Crippen molar-refractivity contribution in [1.82, 2.24) is 0 Å². The SMILES string of the molecule is C1CCOC1.CNc1ccccc1N. The van der Waals surface area contributed by atoms with Crippen LogP contribution in [0.2, 0.25) is 0 Å². The van der Waals surface area contributed by atoms with Crippen molar-refractivity contribution in [2.75, 3.05) is 31.3 Å². The average Bonchev–Trinajstić information content (AvgIpc) is 2.76. The highest BCUT2D eigenvalue weighted by molar-refractivity contribution is 5.65. The van der Waals surface area contributed by atoms with E-state index in [1.54, 1.807) is 0 Å². The number of para-hydroxylation sites is 2. The number of hydrogen-bond donors (Lipinski definition) is 2. The van der Waals surface area contributed by atoms with E-state index in [2.05, 4.69) is 5.32 Å². The molecule has 0 aromatic heterocycles. The lowest BCUT2D eigenvalue weighted by molar-refractivity contribution is 0.198. The van der Waals surface area contributed by atoms with Gasteiger partial charge in [0, 0.05) is 20.3 Å². The maximum atomic E-state index is 5.57. The molecule has 0 bridgehead atoms. The van der Waals surface area contributed by atoms with Gasteiger partial charge in [0.25, 0.3) is 0 Å². The van der Waals surface area contributed by atoms with Crippen molar-refractivity contribution in [3.63, 3.8) is 0 Å². The Morgan fingerprint density at radius 3 is 2.21 bits per heavy atom. The van der Waals surface area contributed by atoms with Crippen LogP contribution in [0.3, 0.4) is 0 Å². The molecule has 3 nitrogen and oxygen atoms in total. The number of ether oxygens (including phenoxy) is 1. The van der Waals surface area contributed by atoms with Crippen molar-refractivity contribution in [3.05, 3.63) is 24.3 Å². The lowest BCUT2D eigenvalue weighted by Gasteiger charge is -2.01. The summed E-state index contributed by atoms with van der Waals surface area (Å²) in [4.78, 5) is 0. The molecule has 3 heteroatoms. The summed E-state index contributed by atoms with van der Waals surface area (Å²) < 4.78 is 4.94. The van der Waals surface area contributed by atoms with E-state index in [4.69, 9.17) is 10.5 Å². The molecule has 0 aliphatic carbocycles. The lowest BCUT2D eigenvalue weighted by Crippen LogP contribution is -1.93. The topological polar surface area (TPSA) is 47.3 Å². The smallest absolute Gasteiger partial charge is 0.0571 e. The van der Waals surface area contributed by atoms with Crippen molar-refractivity contribution in [2.24, 2.45) is 0 Å². The second kappa shape index (κ2) is 6.27. The summed E-state index contributed by atoms with van der Waals surface area (Å²) in [5.41, 5.74) is 7.34. The molecule has 14 heavy (non-hydrogen) atoms. The molecule has 0 saturated carbocycles. The van der Waals surface area contributed by atoms with Gasteiger partial charge in [0.1, 0.15) is 0 Å². The third kappa shape index (κ3) is 3.66. The molecular formula is C11H18N2O. The Hall–Kier alpha value is -1.22. The summed E-state index contributed by atoms with van der Waals surface area (Å²) in [7, 11) is 1.85. The van der Waals surface area contributed by atoms with Gasteiger partial charge < -0.3 is 15.8 Å². The fourth-order valence-corrected chi connectivity index (χ4v) is 1.23. The van der Waals surface area contributed by atoms with Crippen molar-refractivity contribution in [2.45, 2.75) is 12.8 Å². The molecule has 1 aromatic carbocycles.